The highest BCUT2D eigenvalue weighted by Gasteiger charge is 2.45. The summed E-state index contributed by atoms with van der Waals surface area (Å²) in [6, 6.07) is 1.59. The van der Waals surface area contributed by atoms with Gasteiger partial charge in [-0.3, -0.25) is 9.59 Å². The van der Waals surface area contributed by atoms with Crippen molar-refractivity contribution in [1.29, 1.82) is 0 Å². The van der Waals surface area contributed by atoms with Crippen LogP contribution in [0.1, 0.15) is 25.5 Å². The van der Waals surface area contributed by atoms with Crippen molar-refractivity contribution in [2.75, 3.05) is 23.4 Å². The van der Waals surface area contributed by atoms with Crippen molar-refractivity contribution >= 4 is 35.4 Å². The molecular weight excluding hydrogens is 322 g/mol. The fourth-order valence-corrected chi connectivity index (χ4v) is 3.19. The number of thioether (sulfide) groups is 1. The molecule has 8 nitrogen and oxygen atoms in total. The molecule has 2 heterocycles. The number of hydrogen-bond donors (Lipinski definition) is 2. The van der Waals surface area contributed by atoms with Gasteiger partial charge in [-0.05, 0) is 26.7 Å². The van der Waals surface area contributed by atoms with E-state index in [4.69, 9.17) is 4.52 Å². The number of nitrogens with one attached hydrogen (secondary N) is 1. The lowest BCUT2D eigenvalue weighted by Crippen LogP contribution is -2.51. The van der Waals surface area contributed by atoms with Crippen molar-refractivity contribution in [1.82, 2.24) is 10.1 Å². The summed E-state index contributed by atoms with van der Waals surface area (Å²) in [5, 5.41) is 15.5. The molecule has 1 aliphatic rings. The average Bonchev–Trinajstić information content (AvgIpc) is 3.05. The summed E-state index contributed by atoms with van der Waals surface area (Å²) >= 11 is 1.14. The Morgan fingerprint density at radius 2 is 2.22 bits per heavy atom. The van der Waals surface area contributed by atoms with Gasteiger partial charge in [0.25, 0.3) is 0 Å². The first kappa shape index (κ1) is 17.3. The van der Waals surface area contributed by atoms with Gasteiger partial charge in [0, 0.05) is 12.6 Å². The lowest BCUT2D eigenvalue weighted by Gasteiger charge is -2.31. The van der Waals surface area contributed by atoms with Crippen molar-refractivity contribution in [3.05, 3.63) is 11.8 Å². The molecule has 2 rings (SSSR count). The van der Waals surface area contributed by atoms with Crippen LogP contribution in [0.5, 0.6) is 0 Å². The molecule has 2 amide bonds. The van der Waals surface area contributed by atoms with Gasteiger partial charge in [0.05, 0.1) is 11.5 Å². The molecule has 1 aliphatic heterocycles. The minimum atomic E-state index is -1.14. The van der Waals surface area contributed by atoms with Crippen LogP contribution < -0.4 is 5.32 Å². The number of likely N-dealkylation sites (tertiary alicyclic amines) is 1. The topological polar surface area (TPSA) is 113 Å². The zero-order chi connectivity index (χ0) is 17.0. The van der Waals surface area contributed by atoms with Crippen molar-refractivity contribution in [2.24, 2.45) is 0 Å². The third-order valence-electron chi connectivity index (χ3n) is 3.76. The summed E-state index contributed by atoms with van der Waals surface area (Å²) in [7, 11) is 0. The van der Waals surface area contributed by atoms with Crippen LogP contribution in [-0.2, 0) is 14.4 Å². The van der Waals surface area contributed by atoms with Crippen LogP contribution in [0.3, 0.4) is 0 Å². The van der Waals surface area contributed by atoms with Crippen LogP contribution in [0.25, 0.3) is 0 Å². The number of carbonyl (C=O) groups excluding carboxylic acids is 2. The van der Waals surface area contributed by atoms with Crippen LogP contribution in [-0.4, -0.2) is 56.5 Å². The average molecular weight is 341 g/mol. The third-order valence-corrected chi connectivity index (χ3v) is 4.67. The molecule has 1 atom stereocenters. The number of aliphatic carboxylic acids is 1. The van der Waals surface area contributed by atoms with E-state index in [2.05, 4.69) is 10.5 Å². The summed E-state index contributed by atoms with van der Waals surface area (Å²) in [4.78, 5) is 36.7. The van der Waals surface area contributed by atoms with Gasteiger partial charge in [-0.25, -0.2) is 4.79 Å². The van der Waals surface area contributed by atoms with E-state index in [-0.39, 0.29) is 23.3 Å². The molecule has 1 unspecified atom stereocenters. The quantitative estimate of drug-likeness (QED) is 0.797. The first-order valence-corrected chi connectivity index (χ1v) is 8.33. The van der Waals surface area contributed by atoms with Gasteiger partial charge in [0.15, 0.2) is 5.82 Å². The Morgan fingerprint density at radius 1 is 1.48 bits per heavy atom. The van der Waals surface area contributed by atoms with Crippen LogP contribution >= 0.6 is 11.8 Å². The molecule has 1 aromatic heterocycles. The van der Waals surface area contributed by atoms with Crippen LogP contribution in [0.4, 0.5) is 5.82 Å². The van der Waals surface area contributed by atoms with E-state index in [0.29, 0.717) is 31.0 Å². The Balaban J connectivity index is 1.78. The molecule has 126 valence electrons. The molecule has 0 saturated carbocycles. The van der Waals surface area contributed by atoms with Crippen molar-refractivity contribution in [2.45, 2.75) is 32.2 Å². The Bertz CT molecular complexity index is 617. The van der Waals surface area contributed by atoms with Crippen LogP contribution in [0.15, 0.2) is 10.6 Å². The van der Waals surface area contributed by atoms with E-state index < -0.39 is 11.5 Å². The van der Waals surface area contributed by atoms with E-state index in [1.54, 1.807) is 19.9 Å². The Labute approximate surface area is 137 Å². The molecule has 0 radical (unpaired) electrons. The normalized spacial score (nSPS) is 20.5. The van der Waals surface area contributed by atoms with E-state index in [9.17, 15) is 19.5 Å². The maximum Gasteiger partial charge on any atom is 0.329 e. The SMILES string of the molecule is Cc1cc(NC(=O)CSCC(=O)N2CCCC2(C)C(=O)O)no1. The highest BCUT2D eigenvalue weighted by molar-refractivity contribution is 8.00. The number of anilines is 1. The van der Waals surface area contributed by atoms with Gasteiger partial charge in [0.1, 0.15) is 11.3 Å². The molecule has 0 aromatic carbocycles. The Morgan fingerprint density at radius 3 is 2.83 bits per heavy atom. The number of carboxylic acid groups (broad SMARTS) is 1. The lowest BCUT2D eigenvalue weighted by molar-refractivity contribution is -0.154. The molecule has 1 saturated heterocycles. The molecule has 0 aliphatic carbocycles. The van der Waals surface area contributed by atoms with Crippen molar-refractivity contribution < 1.29 is 24.0 Å². The lowest BCUT2D eigenvalue weighted by atomic mass is 9.99. The third kappa shape index (κ3) is 4.04. The van der Waals surface area contributed by atoms with Gasteiger partial charge in [-0.15, -0.1) is 11.8 Å². The molecule has 9 heteroatoms. The maximum atomic E-state index is 12.2. The molecule has 0 bridgehead atoms. The molecule has 0 spiro atoms. The van der Waals surface area contributed by atoms with Gasteiger partial charge in [-0.1, -0.05) is 5.16 Å². The molecule has 1 fully saturated rings. The molecular formula is C14H19N3O5S. The molecule has 2 N–H and O–H groups in total. The predicted molar refractivity (Wildman–Crippen MR) is 84.2 cm³/mol. The smallest absolute Gasteiger partial charge is 0.329 e. The number of nitrogens with zero attached hydrogens (tertiary/aromatic N) is 2. The predicted octanol–water partition coefficient (Wildman–Crippen LogP) is 1.12. The zero-order valence-corrected chi connectivity index (χ0v) is 13.8. The highest BCUT2D eigenvalue weighted by Crippen LogP contribution is 2.29. The zero-order valence-electron chi connectivity index (χ0n) is 13.0. The number of carbonyl (C=O) groups is 3. The first-order valence-electron chi connectivity index (χ1n) is 7.18. The minimum absolute atomic E-state index is 0.0636. The van der Waals surface area contributed by atoms with E-state index in [1.165, 1.54) is 4.90 Å². The Hall–Kier alpha value is -2.03. The number of aryl methyl sites for hydroxylation is 1. The fourth-order valence-electron chi connectivity index (χ4n) is 2.50. The summed E-state index contributed by atoms with van der Waals surface area (Å²) in [6.07, 6.45) is 1.12. The van der Waals surface area contributed by atoms with Crippen molar-refractivity contribution in [3.63, 3.8) is 0 Å². The van der Waals surface area contributed by atoms with Gasteiger partial charge in [-0.2, -0.15) is 0 Å². The van der Waals surface area contributed by atoms with Crippen LogP contribution in [0, 0.1) is 6.92 Å². The van der Waals surface area contributed by atoms with Gasteiger partial charge < -0.3 is 19.8 Å². The molecule has 1 aromatic rings. The molecule has 23 heavy (non-hydrogen) atoms. The fraction of sp³-hybridized carbons (Fsp3) is 0.571. The summed E-state index contributed by atoms with van der Waals surface area (Å²) in [5.41, 5.74) is -1.14. The monoisotopic (exact) mass is 341 g/mol. The first-order chi connectivity index (χ1) is 10.8. The second kappa shape index (κ2) is 7.03. The standard InChI is InChI=1S/C14H19N3O5S/c1-9-6-10(16-22-9)15-11(18)7-23-8-12(19)17-5-3-4-14(17,2)13(20)21/h6H,3-5,7-8H2,1-2H3,(H,20,21)(H,15,16,18). The largest absolute Gasteiger partial charge is 0.480 e. The summed E-state index contributed by atoms with van der Waals surface area (Å²) in [6.45, 7) is 3.71. The Kier molecular flexibility index (Phi) is 5.30. The second-order valence-electron chi connectivity index (χ2n) is 5.59. The minimum Gasteiger partial charge on any atom is -0.480 e. The van der Waals surface area contributed by atoms with Crippen molar-refractivity contribution in [3.8, 4) is 0 Å². The number of rotatable bonds is 6. The van der Waals surface area contributed by atoms with Gasteiger partial charge in [0.2, 0.25) is 11.8 Å². The number of carboxylic acids is 1. The van der Waals surface area contributed by atoms with Gasteiger partial charge >= 0.3 is 5.97 Å². The second-order valence-corrected chi connectivity index (χ2v) is 6.58. The summed E-state index contributed by atoms with van der Waals surface area (Å²) in [5.74, 6) is -0.486. The number of amides is 2. The number of hydrogen-bond acceptors (Lipinski definition) is 6. The summed E-state index contributed by atoms with van der Waals surface area (Å²) < 4.78 is 4.83. The van der Waals surface area contributed by atoms with Crippen LogP contribution in [0.2, 0.25) is 0 Å². The van der Waals surface area contributed by atoms with E-state index in [0.717, 1.165) is 11.8 Å². The van der Waals surface area contributed by atoms with E-state index >= 15 is 0 Å². The highest BCUT2D eigenvalue weighted by atomic mass is 32.2. The maximum absolute atomic E-state index is 12.2. The number of aromatic nitrogens is 1. The van der Waals surface area contributed by atoms with E-state index in [1.807, 2.05) is 0 Å².